The first-order chi connectivity index (χ1) is 9.54. The molecule has 0 saturated heterocycles. The fourth-order valence-electron chi connectivity index (χ4n) is 1.97. The van der Waals surface area contributed by atoms with Crippen molar-refractivity contribution in [3.8, 4) is 5.75 Å². The van der Waals surface area contributed by atoms with Gasteiger partial charge in [-0.1, -0.05) is 18.2 Å². The maximum absolute atomic E-state index is 10.3. The van der Waals surface area contributed by atoms with Crippen LogP contribution < -0.4 is 4.74 Å². The minimum atomic E-state index is -0.554. The van der Waals surface area contributed by atoms with Crippen LogP contribution in [-0.2, 0) is 4.74 Å². The quantitative estimate of drug-likeness (QED) is 0.755. The van der Waals surface area contributed by atoms with Crippen LogP contribution in [0.1, 0.15) is 32.4 Å². The molecular weight excluding hydrogens is 254 g/mol. The highest BCUT2D eigenvalue weighted by molar-refractivity contribution is 5.35. The second-order valence-corrected chi connectivity index (χ2v) is 5.17. The molecule has 20 heavy (non-hydrogen) atoms. The summed E-state index contributed by atoms with van der Waals surface area (Å²) in [5, 5.41) is 10.3. The number of para-hydroxylation sites is 1. The van der Waals surface area contributed by atoms with Crippen molar-refractivity contribution in [2.45, 2.75) is 33.0 Å². The van der Waals surface area contributed by atoms with Crippen molar-refractivity contribution < 1.29 is 14.6 Å². The fraction of sp³-hybridized carbons (Fsp3) is 0.625. The molecule has 0 radical (unpaired) electrons. The third-order valence-electron chi connectivity index (χ3n) is 2.99. The summed E-state index contributed by atoms with van der Waals surface area (Å²) >= 11 is 0. The first-order valence-corrected chi connectivity index (χ1v) is 7.24. The number of aliphatic hydroxyl groups is 1. The zero-order valence-corrected chi connectivity index (χ0v) is 13.0. The van der Waals surface area contributed by atoms with Crippen molar-refractivity contribution in [3.63, 3.8) is 0 Å². The van der Waals surface area contributed by atoms with Gasteiger partial charge in [-0.05, 0) is 33.9 Å². The first kappa shape index (κ1) is 17.0. The van der Waals surface area contributed by atoms with E-state index in [-0.39, 0.29) is 6.10 Å². The summed E-state index contributed by atoms with van der Waals surface area (Å²) in [5.41, 5.74) is 0.839. The van der Waals surface area contributed by atoms with Crippen LogP contribution in [0, 0.1) is 0 Å². The summed E-state index contributed by atoms with van der Waals surface area (Å²) in [6.07, 6.45) is -0.311. The summed E-state index contributed by atoms with van der Waals surface area (Å²) in [6.45, 7) is 8.62. The smallest absolute Gasteiger partial charge is 0.125 e. The second kappa shape index (κ2) is 8.95. The summed E-state index contributed by atoms with van der Waals surface area (Å²) in [4.78, 5) is 2.07. The van der Waals surface area contributed by atoms with E-state index in [0.717, 1.165) is 17.9 Å². The second-order valence-electron chi connectivity index (χ2n) is 5.17. The van der Waals surface area contributed by atoms with Crippen LogP contribution in [0.25, 0.3) is 0 Å². The van der Waals surface area contributed by atoms with Gasteiger partial charge in [0.05, 0.1) is 25.4 Å². The zero-order valence-electron chi connectivity index (χ0n) is 13.0. The molecule has 0 heterocycles. The Kier molecular flexibility index (Phi) is 7.59. The van der Waals surface area contributed by atoms with Crippen LogP contribution in [0.3, 0.4) is 0 Å². The Morgan fingerprint density at radius 3 is 2.60 bits per heavy atom. The Hall–Kier alpha value is -1.10. The van der Waals surface area contributed by atoms with Gasteiger partial charge in [-0.15, -0.1) is 0 Å². The highest BCUT2D eigenvalue weighted by Gasteiger charge is 2.15. The summed E-state index contributed by atoms with van der Waals surface area (Å²) in [5.74, 6) is 0.759. The molecule has 0 bridgehead atoms. The number of hydrogen-bond donors (Lipinski definition) is 1. The van der Waals surface area contributed by atoms with E-state index < -0.39 is 6.10 Å². The lowest BCUT2D eigenvalue weighted by Crippen LogP contribution is -2.29. The van der Waals surface area contributed by atoms with Crippen LogP contribution in [-0.4, -0.2) is 49.5 Å². The number of aliphatic hydroxyl groups excluding tert-OH is 1. The van der Waals surface area contributed by atoms with Gasteiger partial charge >= 0.3 is 0 Å². The molecular formula is C16H27NO3. The van der Waals surface area contributed by atoms with Crippen LogP contribution in [0.4, 0.5) is 0 Å². The number of likely N-dealkylation sites (N-methyl/N-ethyl adjacent to an activating group) is 1. The number of hydrogen-bond acceptors (Lipinski definition) is 4. The van der Waals surface area contributed by atoms with E-state index in [0.29, 0.717) is 19.8 Å². The highest BCUT2D eigenvalue weighted by Crippen LogP contribution is 2.25. The third kappa shape index (κ3) is 5.90. The lowest BCUT2D eigenvalue weighted by atomic mass is 10.1. The fourth-order valence-corrected chi connectivity index (χ4v) is 1.97. The molecule has 0 amide bonds. The predicted octanol–water partition coefficient (Wildman–Crippen LogP) is 2.48. The molecule has 1 aromatic rings. The molecule has 1 unspecified atom stereocenters. The van der Waals surface area contributed by atoms with E-state index in [1.54, 1.807) is 0 Å². The molecule has 0 spiro atoms. The van der Waals surface area contributed by atoms with E-state index in [1.165, 1.54) is 0 Å². The van der Waals surface area contributed by atoms with Crippen LogP contribution >= 0.6 is 0 Å². The van der Waals surface area contributed by atoms with E-state index >= 15 is 0 Å². The average Bonchev–Trinajstić information content (AvgIpc) is 2.39. The van der Waals surface area contributed by atoms with Gasteiger partial charge in [0.2, 0.25) is 0 Å². The molecule has 1 atom stereocenters. The van der Waals surface area contributed by atoms with Gasteiger partial charge in [0, 0.05) is 18.7 Å². The minimum absolute atomic E-state index is 0.243. The van der Waals surface area contributed by atoms with Crippen LogP contribution in [0.15, 0.2) is 24.3 Å². The molecule has 1 aromatic carbocycles. The van der Waals surface area contributed by atoms with Gasteiger partial charge in [-0.25, -0.2) is 0 Å². The highest BCUT2D eigenvalue weighted by atomic mass is 16.5. The molecule has 0 aromatic heterocycles. The molecule has 0 saturated carbocycles. The number of rotatable bonds is 9. The third-order valence-corrected chi connectivity index (χ3v) is 2.99. The van der Waals surface area contributed by atoms with Crippen molar-refractivity contribution in [1.82, 2.24) is 4.90 Å². The molecule has 4 nitrogen and oxygen atoms in total. The summed E-state index contributed by atoms with van der Waals surface area (Å²) in [6, 6.07) is 7.64. The Bertz CT molecular complexity index is 382. The number of nitrogens with zero attached hydrogens (tertiary/aromatic N) is 1. The topological polar surface area (TPSA) is 41.9 Å². The molecule has 1 rings (SSSR count). The molecule has 0 aliphatic carbocycles. The minimum Gasteiger partial charge on any atom is -0.493 e. The van der Waals surface area contributed by atoms with Gasteiger partial charge in [-0.3, -0.25) is 0 Å². The van der Waals surface area contributed by atoms with Gasteiger partial charge < -0.3 is 19.5 Å². The van der Waals surface area contributed by atoms with Crippen LogP contribution in [0.2, 0.25) is 0 Å². The van der Waals surface area contributed by atoms with Crippen molar-refractivity contribution in [2.75, 3.05) is 33.4 Å². The first-order valence-electron chi connectivity index (χ1n) is 7.24. The molecule has 4 heteroatoms. The zero-order chi connectivity index (χ0) is 15.0. The normalized spacial score (nSPS) is 12.9. The Morgan fingerprint density at radius 1 is 1.25 bits per heavy atom. The summed E-state index contributed by atoms with van der Waals surface area (Å²) in [7, 11) is 1.98. The van der Waals surface area contributed by atoms with Gasteiger partial charge in [-0.2, -0.15) is 0 Å². The van der Waals surface area contributed by atoms with Crippen molar-refractivity contribution in [3.05, 3.63) is 29.8 Å². The largest absolute Gasteiger partial charge is 0.493 e. The van der Waals surface area contributed by atoms with Crippen molar-refractivity contribution >= 4 is 0 Å². The van der Waals surface area contributed by atoms with Gasteiger partial charge in [0.25, 0.3) is 0 Å². The number of benzene rings is 1. The molecule has 114 valence electrons. The maximum Gasteiger partial charge on any atom is 0.125 e. The SMILES string of the molecule is CCOc1ccccc1C(O)CN(C)CCOC(C)C. The van der Waals surface area contributed by atoms with Crippen LogP contribution in [0.5, 0.6) is 5.75 Å². The predicted molar refractivity (Wildman–Crippen MR) is 81.2 cm³/mol. The van der Waals surface area contributed by atoms with Crippen molar-refractivity contribution in [2.24, 2.45) is 0 Å². The molecule has 0 aliphatic rings. The Morgan fingerprint density at radius 2 is 1.95 bits per heavy atom. The molecule has 1 N–H and O–H groups in total. The lowest BCUT2D eigenvalue weighted by molar-refractivity contribution is 0.0515. The summed E-state index contributed by atoms with van der Waals surface area (Å²) < 4.78 is 11.1. The van der Waals surface area contributed by atoms with Gasteiger partial charge in [0.15, 0.2) is 0 Å². The van der Waals surface area contributed by atoms with E-state index in [9.17, 15) is 5.11 Å². The maximum atomic E-state index is 10.3. The van der Waals surface area contributed by atoms with Gasteiger partial charge in [0.1, 0.15) is 5.75 Å². The van der Waals surface area contributed by atoms with E-state index in [1.807, 2.05) is 52.1 Å². The van der Waals surface area contributed by atoms with E-state index in [4.69, 9.17) is 9.47 Å². The standard InChI is InChI=1S/C16H27NO3/c1-5-19-16-9-7-6-8-14(16)15(18)12-17(4)10-11-20-13(2)3/h6-9,13,15,18H,5,10-12H2,1-4H3. The van der Waals surface area contributed by atoms with Crippen molar-refractivity contribution in [1.29, 1.82) is 0 Å². The average molecular weight is 281 g/mol. The number of ether oxygens (including phenoxy) is 2. The lowest BCUT2D eigenvalue weighted by Gasteiger charge is -2.22. The Labute approximate surface area is 122 Å². The molecule has 0 fully saturated rings. The Balaban J connectivity index is 2.51. The van der Waals surface area contributed by atoms with E-state index in [2.05, 4.69) is 4.90 Å². The monoisotopic (exact) mass is 281 g/mol. The molecule has 0 aliphatic heterocycles.